The minimum absolute atomic E-state index is 0. The zero-order chi connectivity index (χ0) is 43.1. The summed E-state index contributed by atoms with van der Waals surface area (Å²) in [6, 6.07) is 19.7. The number of halogens is 1. The number of benzene rings is 2. The molecule has 0 saturated heterocycles. The largest absolute Gasteiger partial charge is 1.00 e. The van der Waals surface area contributed by atoms with E-state index in [-0.39, 0.29) is 83.3 Å². The second-order valence-electron chi connectivity index (χ2n) is 16.2. The summed E-state index contributed by atoms with van der Waals surface area (Å²) < 4.78 is 12.6. The van der Waals surface area contributed by atoms with Gasteiger partial charge in [0.15, 0.2) is 0 Å². The molecule has 2 aliphatic heterocycles. The number of fused-ring (bicyclic) bond motifs is 6. The van der Waals surface area contributed by atoms with Gasteiger partial charge in [-0.1, -0.05) is 55.8 Å². The van der Waals surface area contributed by atoms with Gasteiger partial charge in [0, 0.05) is 71.5 Å². The first-order valence-electron chi connectivity index (χ1n) is 20.4. The Kier molecular flexibility index (Phi) is 13.6. The number of hydrogen-bond acceptors (Lipinski definition) is 8. The molecule has 12 nitrogen and oxygen atoms in total. The van der Waals surface area contributed by atoms with E-state index < -0.39 is 5.41 Å². The standard InChI is InChI=1S/C24H23N3O3.C14H15NO2.C10H9BrN2O.K.H2.H/c1-15-17-6-3-4-7-19(17)30-20(15)14-27(2)21(28)9-8-16-12-18-22(25-13-16)26-23(29)24(18)10-5-11-24;1-4-14(16)15(3)9-13-10(2)11-7-5-6-8-12(11)17-13;11-6-4-7-8(12-5-6)13-9(14)10(7)2-1-3-10;;;/h3-4,6-9,12-13H,5,10-11,14H2,1-2H3,(H,25,26,29);4-8H,1,9H2,2-3H3;4-5H,1-3H2,(H,12,13,14);;1H;/q;;;+1;;-1/b9-8+;;;;;/i;;;;1+1;. The van der Waals surface area contributed by atoms with Crippen LogP contribution in [-0.4, -0.2) is 57.5 Å². The van der Waals surface area contributed by atoms with Crippen LogP contribution in [0.4, 0.5) is 11.6 Å². The predicted molar refractivity (Wildman–Crippen MR) is 242 cm³/mol. The molecule has 0 bridgehead atoms. The molecule has 2 spiro atoms. The molecule has 4 aliphatic rings. The summed E-state index contributed by atoms with van der Waals surface area (Å²) in [4.78, 5) is 60.0. The van der Waals surface area contributed by atoms with Crippen molar-refractivity contribution >= 4 is 79.2 Å². The molecule has 0 unspecified atom stereocenters. The minimum atomic E-state index is -0.411. The van der Waals surface area contributed by atoms with Crippen LogP contribution in [0.15, 0.2) is 105 Å². The number of aryl methyl sites for hydroxylation is 2. The van der Waals surface area contributed by atoms with Crippen LogP contribution in [0.3, 0.4) is 0 Å². The number of anilines is 2. The third-order valence-electron chi connectivity index (χ3n) is 12.5. The number of amides is 4. The first kappa shape index (κ1) is 45.3. The van der Waals surface area contributed by atoms with Gasteiger partial charge in [0.25, 0.3) is 0 Å². The van der Waals surface area contributed by atoms with Crippen molar-refractivity contribution in [2.24, 2.45) is 0 Å². The fraction of sp³-hybridized carbons (Fsp3) is 0.292. The number of furan rings is 2. The summed E-state index contributed by atoms with van der Waals surface area (Å²) in [6.07, 6.45) is 13.8. The van der Waals surface area contributed by atoms with Crippen LogP contribution >= 0.6 is 15.9 Å². The van der Waals surface area contributed by atoms with Crippen LogP contribution in [0.5, 0.6) is 0 Å². The topological polar surface area (TPSA) is 151 Å². The minimum Gasteiger partial charge on any atom is -1.00 e. The molecule has 10 rings (SSSR count). The predicted octanol–water partition coefficient (Wildman–Crippen LogP) is 6.65. The molecule has 316 valence electrons. The van der Waals surface area contributed by atoms with E-state index in [1.165, 1.54) is 6.08 Å². The van der Waals surface area contributed by atoms with Crippen LogP contribution < -0.4 is 62.0 Å². The van der Waals surface area contributed by atoms with E-state index in [0.29, 0.717) is 18.9 Å². The van der Waals surface area contributed by atoms with Crippen LogP contribution in [0, 0.1) is 13.8 Å². The molecule has 2 fully saturated rings. The number of rotatable bonds is 7. The van der Waals surface area contributed by atoms with Crippen LogP contribution in [0.25, 0.3) is 28.0 Å². The zero-order valence-electron chi connectivity index (χ0n) is 36.6. The molecule has 0 radical (unpaired) electrons. The molecule has 4 aromatic heterocycles. The zero-order valence-corrected chi connectivity index (χ0v) is 40.3. The Bertz CT molecular complexity index is 2780. The van der Waals surface area contributed by atoms with Crippen LogP contribution in [-0.2, 0) is 43.1 Å². The van der Waals surface area contributed by atoms with Crippen molar-refractivity contribution in [1.82, 2.24) is 19.8 Å². The number of nitrogens with zero attached hydrogens (tertiary/aromatic N) is 4. The van der Waals surface area contributed by atoms with Crippen molar-refractivity contribution in [3.05, 3.63) is 136 Å². The third kappa shape index (κ3) is 8.52. The number of likely N-dealkylation sites (N-methyl/N-ethyl adjacent to an activating group) is 2. The molecular weight excluding hydrogens is 876 g/mol. The van der Waals surface area contributed by atoms with Crippen molar-refractivity contribution in [2.75, 3.05) is 24.7 Å². The fourth-order valence-electron chi connectivity index (χ4n) is 8.48. The number of nitrogens with one attached hydrogen (secondary N) is 2. The number of para-hydroxylation sites is 2. The van der Waals surface area contributed by atoms with E-state index in [2.05, 4.69) is 43.1 Å². The van der Waals surface area contributed by atoms with Gasteiger partial charge in [0.1, 0.15) is 34.3 Å². The first-order chi connectivity index (χ1) is 29.3. The first-order valence-corrected chi connectivity index (χ1v) is 21.2. The smallest absolute Gasteiger partial charge is 1.00 e. The summed E-state index contributed by atoms with van der Waals surface area (Å²) in [5.41, 5.74) is 6.03. The molecule has 6 heterocycles. The SMILES string of the molecule is C=CC(=O)N(C)Cc1oc2ccccc2c1C.Cc1c(CN(C)C(=O)/C=C/c2cnc3c(c2)C2(CCC2)C(=O)N3)oc2ccccc12.O=C1Nc2ncc(Br)cc2C12CCC2.[2HH].[H-].[K+]. The second kappa shape index (κ2) is 18.6. The normalized spacial score (nSPS) is 15.8. The number of carbonyl (C=O) groups excluding carboxylic acids is 4. The maximum absolute atomic E-state index is 12.6. The van der Waals surface area contributed by atoms with Crippen molar-refractivity contribution in [3.63, 3.8) is 0 Å². The Morgan fingerprint density at radius 3 is 1.73 bits per heavy atom. The van der Waals surface area contributed by atoms with Gasteiger partial charge in [-0.05, 0) is 97.4 Å². The Labute approximate surface area is 414 Å². The van der Waals surface area contributed by atoms with Crippen molar-refractivity contribution < 1.29 is 82.3 Å². The van der Waals surface area contributed by atoms with E-state index in [0.717, 1.165) is 110 Å². The van der Waals surface area contributed by atoms with E-state index >= 15 is 0 Å². The summed E-state index contributed by atoms with van der Waals surface area (Å²) >= 11 is 3.39. The summed E-state index contributed by atoms with van der Waals surface area (Å²) in [7, 11) is 3.49. The van der Waals surface area contributed by atoms with Gasteiger partial charge in [-0.25, -0.2) is 9.97 Å². The maximum Gasteiger partial charge on any atom is 1.00 e. The molecule has 2 aromatic carbocycles. The van der Waals surface area contributed by atoms with Gasteiger partial charge in [0.2, 0.25) is 23.6 Å². The fourth-order valence-corrected chi connectivity index (χ4v) is 8.81. The third-order valence-corrected chi connectivity index (χ3v) is 13.0. The quantitative estimate of drug-likeness (QED) is 0.134. The summed E-state index contributed by atoms with van der Waals surface area (Å²) in [5, 5.41) is 7.90. The Morgan fingerprint density at radius 1 is 0.790 bits per heavy atom. The molecule has 2 N–H and O–H groups in total. The molecule has 2 aliphatic carbocycles. The van der Waals surface area contributed by atoms with Gasteiger partial charge >= 0.3 is 51.4 Å². The van der Waals surface area contributed by atoms with Crippen LogP contribution in [0.1, 0.15) is 80.7 Å². The van der Waals surface area contributed by atoms with Gasteiger partial charge in [-0.3, -0.25) is 19.2 Å². The average molecular weight is 927 g/mol. The molecular formula is C48H50BrKN6O6. The number of pyridine rings is 2. The Morgan fingerprint density at radius 2 is 1.26 bits per heavy atom. The Balaban J connectivity index is 0.000000193. The van der Waals surface area contributed by atoms with Crippen LogP contribution in [0.2, 0.25) is 0 Å². The van der Waals surface area contributed by atoms with Crippen molar-refractivity contribution in [3.8, 4) is 0 Å². The molecule has 6 aromatic rings. The Hall–Kier alpha value is -4.70. The van der Waals surface area contributed by atoms with E-state index in [1.54, 1.807) is 48.4 Å². The maximum atomic E-state index is 12.6. The monoisotopic (exact) mass is 925 g/mol. The average Bonchev–Trinajstić information content (AvgIpc) is 3.92. The van der Waals surface area contributed by atoms with Gasteiger partial charge in [-0.15, -0.1) is 0 Å². The summed E-state index contributed by atoms with van der Waals surface area (Å²) in [6.45, 7) is 8.35. The van der Waals surface area contributed by atoms with Gasteiger partial charge < -0.3 is 30.7 Å². The number of aromatic nitrogens is 2. The number of carbonyl (C=O) groups is 4. The number of hydrogen-bond donors (Lipinski definition) is 2. The van der Waals surface area contributed by atoms with E-state index in [4.69, 9.17) is 8.83 Å². The summed E-state index contributed by atoms with van der Waals surface area (Å²) in [5.74, 6) is 2.96. The molecule has 14 heteroatoms. The van der Waals surface area contributed by atoms with Gasteiger partial charge in [0.05, 0.1) is 23.9 Å². The van der Waals surface area contributed by atoms with Gasteiger partial charge in [-0.2, -0.15) is 0 Å². The van der Waals surface area contributed by atoms with E-state index in [9.17, 15) is 19.2 Å². The van der Waals surface area contributed by atoms with E-state index in [1.807, 2.05) is 74.5 Å². The molecule has 2 saturated carbocycles. The molecule has 4 amide bonds. The second-order valence-corrected chi connectivity index (χ2v) is 17.1. The van der Waals surface area contributed by atoms with Crippen molar-refractivity contribution in [1.29, 1.82) is 0 Å². The molecule has 0 atom stereocenters. The van der Waals surface area contributed by atoms with Crippen molar-refractivity contribution in [2.45, 2.75) is 76.3 Å². The molecule has 62 heavy (non-hydrogen) atoms.